The van der Waals surface area contributed by atoms with E-state index >= 15 is 0 Å². The Kier molecular flexibility index (Phi) is 4.35. The maximum atomic E-state index is 11.3. The molecule has 2 saturated carbocycles. The third-order valence-electron chi connectivity index (χ3n) is 7.95. The van der Waals surface area contributed by atoms with Crippen LogP contribution in [0.2, 0.25) is 0 Å². The summed E-state index contributed by atoms with van der Waals surface area (Å²) in [5.41, 5.74) is 5.47. The number of rotatable bonds is 2. The van der Waals surface area contributed by atoms with E-state index in [0.717, 1.165) is 25.0 Å². The van der Waals surface area contributed by atoms with E-state index in [0.29, 0.717) is 17.8 Å². The van der Waals surface area contributed by atoms with Gasteiger partial charge in [0.25, 0.3) is 0 Å². The lowest BCUT2D eigenvalue weighted by atomic mass is 9.55. The molecule has 0 unspecified atom stereocenters. The molecule has 3 aliphatic carbocycles. The molecule has 2 nitrogen and oxygen atoms in total. The van der Waals surface area contributed by atoms with Crippen molar-refractivity contribution in [1.82, 2.24) is 0 Å². The predicted octanol–water partition coefficient (Wildman–Crippen LogP) is 5.61. The first-order valence-electron chi connectivity index (χ1n) is 10.7. The number of benzene rings is 2. The van der Waals surface area contributed by atoms with E-state index < -0.39 is 0 Å². The van der Waals surface area contributed by atoms with Crippen LogP contribution < -0.4 is 4.74 Å². The van der Waals surface area contributed by atoms with Crippen molar-refractivity contribution in [3.05, 3.63) is 70.8 Å². The highest BCUT2D eigenvalue weighted by Crippen LogP contribution is 2.62. The second-order valence-corrected chi connectivity index (χ2v) is 9.26. The van der Waals surface area contributed by atoms with Gasteiger partial charge in [-0.05, 0) is 84.3 Å². The number of aryl methyl sites for hydroxylation is 1. The zero-order chi connectivity index (χ0) is 19.3. The standard InChI is InChI=1S/C26H30O2/c1-26-13-12-22-21-11-9-20(28-2)15-18(21)8-10-23(22)24(26)16-19(25(26)27)14-17-6-4-3-5-7-17/h3-7,9,11,14-15,22-25,27H,8,10,12-13,16H2,1-2H3/b19-14+/t22-,23-,24+,25-,26+/m1/s1. The van der Waals surface area contributed by atoms with Crippen molar-refractivity contribution in [1.29, 1.82) is 0 Å². The molecule has 0 bridgehead atoms. The molecule has 5 rings (SSSR count). The number of aliphatic hydroxyl groups excluding tert-OH is 1. The van der Waals surface area contributed by atoms with Crippen LogP contribution in [0.1, 0.15) is 55.2 Å². The van der Waals surface area contributed by atoms with Gasteiger partial charge in [0.05, 0.1) is 13.2 Å². The summed E-state index contributed by atoms with van der Waals surface area (Å²) in [5, 5.41) is 11.3. The molecule has 2 aromatic rings. The van der Waals surface area contributed by atoms with Gasteiger partial charge in [-0.15, -0.1) is 0 Å². The van der Waals surface area contributed by atoms with E-state index in [1.54, 1.807) is 7.11 Å². The first kappa shape index (κ1) is 18.0. The van der Waals surface area contributed by atoms with E-state index in [4.69, 9.17) is 4.74 Å². The maximum absolute atomic E-state index is 11.3. The number of hydrogen-bond acceptors (Lipinski definition) is 2. The molecule has 1 N–H and O–H groups in total. The highest BCUT2D eigenvalue weighted by molar-refractivity contribution is 5.55. The Labute approximate surface area is 168 Å². The van der Waals surface area contributed by atoms with E-state index in [9.17, 15) is 5.11 Å². The number of methoxy groups -OCH3 is 1. The van der Waals surface area contributed by atoms with Gasteiger partial charge >= 0.3 is 0 Å². The number of ether oxygens (including phenoxy) is 1. The molecule has 146 valence electrons. The fourth-order valence-corrected chi connectivity index (χ4v) is 6.45. The minimum Gasteiger partial charge on any atom is -0.497 e. The van der Waals surface area contributed by atoms with Gasteiger partial charge in [0.2, 0.25) is 0 Å². The van der Waals surface area contributed by atoms with Gasteiger partial charge in [-0.25, -0.2) is 0 Å². The fraction of sp³-hybridized carbons (Fsp3) is 0.462. The first-order valence-corrected chi connectivity index (χ1v) is 10.7. The monoisotopic (exact) mass is 374 g/mol. The molecule has 0 aliphatic heterocycles. The quantitative estimate of drug-likeness (QED) is 0.741. The van der Waals surface area contributed by atoms with Crippen molar-refractivity contribution in [3.63, 3.8) is 0 Å². The topological polar surface area (TPSA) is 29.5 Å². The molecule has 28 heavy (non-hydrogen) atoms. The van der Waals surface area contributed by atoms with E-state index in [2.05, 4.69) is 55.5 Å². The summed E-state index contributed by atoms with van der Waals surface area (Å²) in [4.78, 5) is 0. The van der Waals surface area contributed by atoms with Crippen LogP contribution in [0, 0.1) is 17.3 Å². The number of hydrogen-bond donors (Lipinski definition) is 1. The molecule has 0 amide bonds. The highest BCUT2D eigenvalue weighted by Gasteiger charge is 2.56. The largest absolute Gasteiger partial charge is 0.497 e. The van der Waals surface area contributed by atoms with Crippen LogP contribution >= 0.6 is 0 Å². The van der Waals surface area contributed by atoms with Gasteiger partial charge in [0.1, 0.15) is 5.75 Å². The summed E-state index contributed by atoms with van der Waals surface area (Å²) in [6.07, 6.45) is 7.63. The molecule has 0 spiro atoms. The van der Waals surface area contributed by atoms with Gasteiger partial charge in [-0.2, -0.15) is 0 Å². The smallest absolute Gasteiger partial charge is 0.119 e. The van der Waals surface area contributed by atoms with Crippen LogP contribution in [0.5, 0.6) is 5.75 Å². The van der Waals surface area contributed by atoms with E-state index in [-0.39, 0.29) is 11.5 Å². The second kappa shape index (κ2) is 6.77. The minimum absolute atomic E-state index is 0.0196. The Hall–Kier alpha value is -2.06. The normalized spacial score (nSPS) is 35.2. The molecule has 2 aromatic carbocycles. The Morgan fingerprint density at radius 3 is 2.71 bits per heavy atom. The number of fused-ring (bicyclic) bond motifs is 5. The van der Waals surface area contributed by atoms with Gasteiger partial charge < -0.3 is 9.84 Å². The van der Waals surface area contributed by atoms with E-state index in [1.807, 2.05) is 6.07 Å². The Morgan fingerprint density at radius 2 is 1.93 bits per heavy atom. The van der Waals surface area contributed by atoms with Gasteiger partial charge in [-0.1, -0.05) is 49.4 Å². The Balaban J connectivity index is 1.47. The molecule has 3 aliphatic rings. The zero-order valence-corrected chi connectivity index (χ0v) is 16.9. The molecule has 0 saturated heterocycles. The van der Waals surface area contributed by atoms with Crippen molar-refractivity contribution in [2.45, 2.75) is 51.0 Å². The highest BCUT2D eigenvalue weighted by atomic mass is 16.5. The lowest BCUT2D eigenvalue weighted by Crippen LogP contribution is -2.44. The number of aliphatic hydroxyl groups is 1. The summed E-state index contributed by atoms with van der Waals surface area (Å²) in [6.45, 7) is 2.34. The molecule has 0 heterocycles. The van der Waals surface area contributed by atoms with Gasteiger partial charge in [0.15, 0.2) is 0 Å². The summed E-state index contributed by atoms with van der Waals surface area (Å²) < 4.78 is 5.45. The summed E-state index contributed by atoms with van der Waals surface area (Å²) in [5.74, 6) is 2.86. The zero-order valence-electron chi connectivity index (χ0n) is 16.9. The molecule has 0 radical (unpaired) electrons. The average Bonchev–Trinajstić information content (AvgIpc) is 2.99. The SMILES string of the molecule is COc1ccc2c(c1)CC[C@@H]1[C@@H]2CC[C@]2(C)[C@H](O)/C(=C/c3ccccc3)C[C@@H]12. The molecular formula is C26H30O2. The molecule has 0 aromatic heterocycles. The van der Waals surface area contributed by atoms with Gasteiger partial charge in [-0.3, -0.25) is 0 Å². The van der Waals surface area contributed by atoms with Crippen molar-refractivity contribution in [2.75, 3.05) is 7.11 Å². The lowest BCUT2D eigenvalue weighted by molar-refractivity contribution is -0.0158. The summed E-state index contributed by atoms with van der Waals surface area (Å²) in [6, 6.07) is 17.1. The summed E-state index contributed by atoms with van der Waals surface area (Å²) >= 11 is 0. The van der Waals surface area contributed by atoms with Crippen molar-refractivity contribution in [3.8, 4) is 5.75 Å². The average molecular weight is 375 g/mol. The van der Waals surface area contributed by atoms with Crippen molar-refractivity contribution < 1.29 is 9.84 Å². The van der Waals surface area contributed by atoms with Crippen LogP contribution in [0.4, 0.5) is 0 Å². The van der Waals surface area contributed by atoms with E-state index in [1.165, 1.54) is 35.1 Å². The van der Waals surface area contributed by atoms with Crippen LogP contribution in [-0.2, 0) is 6.42 Å². The van der Waals surface area contributed by atoms with Crippen molar-refractivity contribution in [2.24, 2.45) is 17.3 Å². The fourth-order valence-electron chi connectivity index (χ4n) is 6.45. The third-order valence-corrected chi connectivity index (χ3v) is 7.95. The molecule has 2 fully saturated rings. The van der Waals surface area contributed by atoms with Crippen LogP contribution in [-0.4, -0.2) is 18.3 Å². The van der Waals surface area contributed by atoms with Crippen LogP contribution in [0.25, 0.3) is 6.08 Å². The molecule has 5 atom stereocenters. The van der Waals surface area contributed by atoms with Crippen molar-refractivity contribution >= 4 is 6.08 Å². The Morgan fingerprint density at radius 1 is 1.11 bits per heavy atom. The molecular weight excluding hydrogens is 344 g/mol. The second-order valence-electron chi connectivity index (χ2n) is 9.26. The first-order chi connectivity index (χ1) is 13.6. The predicted molar refractivity (Wildman–Crippen MR) is 113 cm³/mol. The van der Waals surface area contributed by atoms with Crippen LogP contribution in [0.3, 0.4) is 0 Å². The lowest BCUT2D eigenvalue weighted by Gasteiger charge is -2.49. The maximum Gasteiger partial charge on any atom is 0.119 e. The molecule has 2 heteroatoms. The van der Waals surface area contributed by atoms with Crippen LogP contribution in [0.15, 0.2) is 54.1 Å². The van der Waals surface area contributed by atoms with Gasteiger partial charge in [0, 0.05) is 5.41 Å². The summed E-state index contributed by atoms with van der Waals surface area (Å²) in [7, 11) is 1.75. The Bertz CT molecular complexity index is 900. The third kappa shape index (κ3) is 2.73. The minimum atomic E-state index is -0.309.